The lowest BCUT2D eigenvalue weighted by Crippen LogP contribution is -1.97. The highest BCUT2D eigenvalue weighted by Gasteiger charge is 2.14. The molecule has 6 nitrogen and oxygen atoms in total. The van der Waals surface area contributed by atoms with Crippen molar-refractivity contribution in [1.82, 2.24) is 10.2 Å². The summed E-state index contributed by atoms with van der Waals surface area (Å²) in [5.41, 5.74) is 0.689. The van der Waals surface area contributed by atoms with Crippen LogP contribution in [-0.4, -0.2) is 34.1 Å². The van der Waals surface area contributed by atoms with Gasteiger partial charge in [0, 0.05) is 4.47 Å². The molecule has 0 aliphatic carbocycles. The molecule has 0 bridgehead atoms. The zero-order chi connectivity index (χ0) is 13.8. The van der Waals surface area contributed by atoms with Crippen LogP contribution in [0.4, 0.5) is 0 Å². The van der Waals surface area contributed by atoms with Crippen molar-refractivity contribution < 1.29 is 19.1 Å². The molecule has 0 unspecified atom stereocenters. The highest BCUT2D eigenvalue weighted by molar-refractivity contribution is 9.10. The van der Waals surface area contributed by atoms with Gasteiger partial charge in [0.15, 0.2) is 0 Å². The van der Waals surface area contributed by atoms with E-state index in [0.29, 0.717) is 17.2 Å². The van der Waals surface area contributed by atoms with E-state index >= 15 is 0 Å². The largest absolute Gasteiger partial charge is 0.497 e. The predicted molar refractivity (Wildman–Crippen MR) is 72.3 cm³/mol. The predicted octanol–water partition coefficient (Wildman–Crippen LogP) is 2.68. The van der Waals surface area contributed by atoms with E-state index < -0.39 is 5.97 Å². The van der Waals surface area contributed by atoms with Gasteiger partial charge in [0.1, 0.15) is 11.5 Å². The average Bonchev–Trinajstić information content (AvgIpc) is 2.85. The number of aliphatic carboxylic acids is 1. The number of carbonyl (C=O) groups is 1. The van der Waals surface area contributed by atoms with Crippen LogP contribution in [0.25, 0.3) is 11.5 Å². The third kappa shape index (κ3) is 3.48. The third-order valence-electron chi connectivity index (χ3n) is 2.13. The van der Waals surface area contributed by atoms with E-state index in [-0.39, 0.29) is 11.0 Å². The first-order chi connectivity index (χ1) is 9.10. The summed E-state index contributed by atoms with van der Waals surface area (Å²) in [5.74, 6) is -0.0944. The Morgan fingerprint density at radius 3 is 3.00 bits per heavy atom. The van der Waals surface area contributed by atoms with Crippen molar-refractivity contribution in [3.8, 4) is 17.2 Å². The number of nitrogens with zero attached hydrogens (tertiary/aromatic N) is 2. The first kappa shape index (κ1) is 13.9. The minimum absolute atomic E-state index is 0.124. The standard InChI is InChI=1S/C11H9BrN2O4S/c1-17-6-2-3-8(12)7(4-6)10-13-14-11(18-10)19-5-9(15)16/h2-4H,5H2,1H3,(H,15,16). The summed E-state index contributed by atoms with van der Waals surface area (Å²) in [7, 11) is 1.56. The van der Waals surface area contributed by atoms with Crippen molar-refractivity contribution in [2.24, 2.45) is 0 Å². The molecule has 0 saturated heterocycles. The van der Waals surface area contributed by atoms with Gasteiger partial charge in [0.25, 0.3) is 5.22 Å². The first-order valence-electron chi connectivity index (χ1n) is 5.12. The number of aromatic nitrogens is 2. The molecule has 0 fully saturated rings. The Labute approximate surface area is 121 Å². The quantitative estimate of drug-likeness (QED) is 0.834. The molecule has 1 N–H and O–H groups in total. The number of ether oxygens (including phenoxy) is 1. The van der Waals surface area contributed by atoms with Crippen LogP contribution in [-0.2, 0) is 4.79 Å². The van der Waals surface area contributed by atoms with E-state index in [9.17, 15) is 4.79 Å². The molecule has 0 spiro atoms. The Hall–Kier alpha value is -1.54. The SMILES string of the molecule is COc1ccc(Br)c(-c2nnc(SCC(=O)O)o2)c1. The molecule has 100 valence electrons. The van der Waals surface area contributed by atoms with Crippen molar-refractivity contribution in [1.29, 1.82) is 0 Å². The topological polar surface area (TPSA) is 85.5 Å². The van der Waals surface area contributed by atoms with Gasteiger partial charge in [-0.15, -0.1) is 10.2 Å². The lowest BCUT2D eigenvalue weighted by molar-refractivity contribution is -0.133. The zero-order valence-electron chi connectivity index (χ0n) is 9.79. The minimum atomic E-state index is -0.938. The van der Waals surface area contributed by atoms with Crippen LogP contribution in [0.5, 0.6) is 5.75 Å². The van der Waals surface area contributed by atoms with E-state index in [4.69, 9.17) is 14.3 Å². The Morgan fingerprint density at radius 2 is 2.32 bits per heavy atom. The molecule has 0 amide bonds. The summed E-state index contributed by atoms with van der Waals surface area (Å²) >= 11 is 4.36. The summed E-state index contributed by atoms with van der Waals surface area (Å²) in [5, 5.41) is 16.5. The Morgan fingerprint density at radius 1 is 1.53 bits per heavy atom. The van der Waals surface area contributed by atoms with E-state index in [0.717, 1.165) is 16.2 Å². The summed E-state index contributed by atoms with van der Waals surface area (Å²) in [6.07, 6.45) is 0. The van der Waals surface area contributed by atoms with Gasteiger partial charge < -0.3 is 14.3 Å². The van der Waals surface area contributed by atoms with Crippen LogP contribution >= 0.6 is 27.7 Å². The van der Waals surface area contributed by atoms with Crippen LogP contribution in [0, 0.1) is 0 Å². The second-order valence-electron chi connectivity index (χ2n) is 3.40. The van der Waals surface area contributed by atoms with E-state index in [1.54, 1.807) is 19.2 Å². The maximum Gasteiger partial charge on any atom is 0.314 e. The smallest absolute Gasteiger partial charge is 0.314 e. The summed E-state index contributed by atoms with van der Waals surface area (Å²) in [6, 6.07) is 5.36. The number of hydrogen-bond donors (Lipinski definition) is 1. The number of carboxylic acid groups (broad SMARTS) is 1. The summed E-state index contributed by atoms with van der Waals surface area (Å²) in [6.45, 7) is 0. The molecule has 1 aromatic heterocycles. The number of halogens is 1. The lowest BCUT2D eigenvalue weighted by atomic mass is 10.2. The Bertz CT molecular complexity index is 602. The average molecular weight is 345 g/mol. The summed E-state index contributed by atoms with van der Waals surface area (Å²) in [4.78, 5) is 10.5. The second-order valence-corrected chi connectivity index (χ2v) is 5.18. The van der Waals surface area contributed by atoms with E-state index in [2.05, 4.69) is 26.1 Å². The Kier molecular flexibility index (Phi) is 4.43. The zero-order valence-corrected chi connectivity index (χ0v) is 12.2. The van der Waals surface area contributed by atoms with E-state index in [1.807, 2.05) is 6.07 Å². The molecule has 8 heteroatoms. The Balaban J connectivity index is 2.24. The van der Waals surface area contributed by atoms with Gasteiger partial charge in [-0.05, 0) is 34.1 Å². The molecular weight excluding hydrogens is 336 g/mol. The molecule has 0 aliphatic rings. The van der Waals surface area contributed by atoms with Gasteiger partial charge in [-0.1, -0.05) is 11.8 Å². The van der Waals surface area contributed by atoms with Crippen molar-refractivity contribution in [2.75, 3.05) is 12.9 Å². The molecule has 19 heavy (non-hydrogen) atoms. The number of hydrogen-bond acceptors (Lipinski definition) is 6. The van der Waals surface area contributed by atoms with Gasteiger partial charge in [0.2, 0.25) is 5.89 Å². The monoisotopic (exact) mass is 344 g/mol. The van der Waals surface area contributed by atoms with Gasteiger partial charge in [-0.25, -0.2) is 0 Å². The fourth-order valence-corrected chi connectivity index (χ4v) is 2.20. The van der Waals surface area contributed by atoms with Gasteiger partial charge in [0.05, 0.1) is 12.7 Å². The molecule has 0 aliphatic heterocycles. The van der Waals surface area contributed by atoms with Crippen molar-refractivity contribution in [3.63, 3.8) is 0 Å². The van der Waals surface area contributed by atoms with Gasteiger partial charge in [-0.3, -0.25) is 4.79 Å². The molecule has 0 radical (unpaired) electrons. The van der Waals surface area contributed by atoms with Crippen LogP contribution in [0.2, 0.25) is 0 Å². The van der Waals surface area contributed by atoms with E-state index in [1.165, 1.54) is 0 Å². The minimum Gasteiger partial charge on any atom is -0.497 e. The number of thioether (sulfide) groups is 1. The molecule has 1 heterocycles. The van der Waals surface area contributed by atoms with Crippen molar-refractivity contribution in [3.05, 3.63) is 22.7 Å². The molecule has 2 aromatic rings. The highest BCUT2D eigenvalue weighted by atomic mass is 79.9. The van der Waals surface area contributed by atoms with Gasteiger partial charge in [-0.2, -0.15) is 0 Å². The fraction of sp³-hybridized carbons (Fsp3) is 0.182. The van der Waals surface area contributed by atoms with Crippen molar-refractivity contribution in [2.45, 2.75) is 5.22 Å². The third-order valence-corrected chi connectivity index (χ3v) is 3.62. The fourth-order valence-electron chi connectivity index (χ4n) is 1.30. The maximum atomic E-state index is 10.5. The number of benzene rings is 1. The first-order valence-corrected chi connectivity index (χ1v) is 6.90. The molecule has 1 aromatic carbocycles. The molecule has 0 atom stereocenters. The molecule has 2 rings (SSSR count). The van der Waals surface area contributed by atoms with Crippen LogP contribution in [0.15, 0.2) is 32.3 Å². The van der Waals surface area contributed by atoms with Crippen LogP contribution in [0.3, 0.4) is 0 Å². The number of rotatable bonds is 5. The second kappa shape index (κ2) is 6.07. The van der Waals surface area contributed by atoms with Crippen LogP contribution < -0.4 is 4.74 Å². The molecular formula is C11H9BrN2O4S. The van der Waals surface area contributed by atoms with Gasteiger partial charge >= 0.3 is 5.97 Å². The number of carboxylic acids is 1. The molecule has 0 saturated carbocycles. The maximum absolute atomic E-state index is 10.5. The van der Waals surface area contributed by atoms with Crippen molar-refractivity contribution >= 4 is 33.7 Å². The van der Waals surface area contributed by atoms with Crippen LogP contribution in [0.1, 0.15) is 0 Å². The number of methoxy groups -OCH3 is 1. The highest BCUT2D eigenvalue weighted by Crippen LogP contribution is 2.32. The lowest BCUT2D eigenvalue weighted by Gasteiger charge is -2.03. The normalized spacial score (nSPS) is 10.4. The summed E-state index contributed by atoms with van der Waals surface area (Å²) < 4.78 is 11.3.